The van der Waals surface area contributed by atoms with Crippen LogP contribution in [0.4, 0.5) is 0 Å². The Morgan fingerprint density at radius 3 is 2.82 bits per heavy atom. The fourth-order valence-corrected chi connectivity index (χ4v) is 3.52. The number of amides is 1. The van der Waals surface area contributed by atoms with Crippen LogP contribution in [0.5, 0.6) is 5.75 Å². The van der Waals surface area contributed by atoms with E-state index in [2.05, 4.69) is 6.92 Å². The summed E-state index contributed by atoms with van der Waals surface area (Å²) in [6, 6.07) is 5.55. The van der Waals surface area contributed by atoms with E-state index in [-0.39, 0.29) is 17.9 Å². The quantitative estimate of drug-likeness (QED) is 0.909. The highest BCUT2D eigenvalue weighted by Crippen LogP contribution is 2.35. The van der Waals surface area contributed by atoms with Gasteiger partial charge in [-0.1, -0.05) is 13.3 Å². The second kappa shape index (κ2) is 7.14. The van der Waals surface area contributed by atoms with Gasteiger partial charge in [0.1, 0.15) is 5.75 Å². The molecular formula is C18H27NO3. The van der Waals surface area contributed by atoms with Gasteiger partial charge >= 0.3 is 0 Å². The minimum absolute atomic E-state index is 0.0550. The highest BCUT2D eigenvalue weighted by atomic mass is 16.5. The van der Waals surface area contributed by atoms with E-state index < -0.39 is 0 Å². The largest absolute Gasteiger partial charge is 0.496 e. The third kappa shape index (κ3) is 3.43. The van der Waals surface area contributed by atoms with Gasteiger partial charge in [0.2, 0.25) is 0 Å². The third-order valence-corrected chi connectivity index (χ3v) is 4.71. The van der Waals surface area contributed by atoms with Gasteiger partial charge in [-0.05, 0) is 49.9 Å². The SMILES string of the molecule is CCCC1(CO)CCCN(C(=O)c2ccc(OC)c(C)c2)C1. The number of carbonyl (C=O) groups excluding carboxylic acids is 1. The number of hydrogen-bond acceptors (Lipinski definition) is 3. The summed E-state index contributed by atoms with van der Waals surface area (Å²) in [5.41, 5.74) is 1.54. The number of carbonyl (C=O) groups is 1. The molecular weight excluding hydrogens is 278 g/mol. The van der Waals surface area contributed by atoms with Crippen molar-refractivity contribution in [2.75, 3.05) is 26.8 Å². The molecule has 0 spiro atoms. The summed E-state index contributed by atoms with van der Waals surface area (Å²) >= 11 is 0. The van der Waals surface area contributed by atoms with Crippen molar-refractivity contribution in [2.45, 2.75) is 39.5 Å². The molecule has 1 unspecified atom stereocenters. The molecule has 0 aromatic heterocycles. The van der Waals surface area contributed by atoms with E-state index in [4.69, 9.17) is 4.74 Å². The first kappa shape index (κ1) is 16.8. The molecule has 1 amide bonds. The predicted octanol–water partition coefficient (Wildman–Crippen LogP) is 3.02. The molecule has 1 fully saturated rings. The van der Waals surface area contributed by atoms with Crippen LogP contribution in [0.3, 0.4) is 0 Å². The van der Waals surface area contributed by atoms with Gasteiger partial charge in [0.25, 0.3) is 5.91 Å². The number of aliphatic hydroxyl groups is 1. The number of nitrogens with zero attached hydrogens (tertiary/aromatic N) is 1. The zero-order chi connectivity index (χ0) is 16.2. The van der Waals surface area contributed by atoms with Crippen molar-refractivity contribution >= 4 is 5.91 Å². The van der Waals surface area contributed by atoms with E-state index >= 15 is 0 Å². The summed E-state index contributed by atoms with van der Waals surface area (Å²) in [4.78, 5) is 14.7. The molecule has 1 heterocycles. The fourth-order valence-electron chi connectivity index (χ4n) is 3.52. The number of likely N-dealkylation sites (tertiary alicyclic amines) is 1. The lowest BCUT2D eigenvalue weighted by molar-refractivity contribution is 0.0222. The molecule has 2 rings (SSSR count). The Bertz CT molecular complexity index is 525. The van der Waals surface area contributed by atoms with Crippen molar-refractivity contribution in [3.8, 4) is 5.75 Å². The Hall–Kier alpha value is -1.55. The average Bonchev–Trinajstić information content (AvgIpc) is 2.54. The van der Waals surface area contributed by atoms with Gasteiger partial charge in [0.15, 0.2) is 0 Å². The summed E-state index contributed by atoms with van der Waals surface area (Å²) in [5.74, 6) is 0.852. The van der Waals surface area contributed by atoms with Gasteiger partial charge in [-0.2, -0.15) is 0 Å². The van der Waals surface area contributed by atoms with Crippen LogP contribution in [0.1, 0.15) is 48.5 Å². The van der Waals surface area contributed by atoms with Gasteiger partial charge in [-0.25, -0.2) is 0 Å². The molecule has 0 radical (unpaired) electrons. The molecule has 1 aromatic rings. The van der Waals surface area contributed by atoms with Gasteiger partial charge in [0, 0.05) is 24.1 Å². The lowest BCUT2D eigenvalue weighted by atomic mass is 9.77. The first-order valence-corrected chi connectivity index (χ1v) is 8.10. The Morgan fingerprint density at radius 2 is 2.23 bits per heavy atom. The Morgan fingerprint density at radius 1 is 1.45 bits per heavy atom. The van der Waals surface area contributed by atoms with Crippen LogP contribution in [-0.2, 0) is 0 Å². The highest BCUT2D eigenvalue weighted by Gasteiger charge is 2.36. The topological polar surface area (TPSA) is 49.8 Å². The monoisotopic (exact) mass is 305 g/mol. The molecule has 4 heteroatoms. The van der Waals surface area contributed by atoms with Gasteiger partial charge in [-0.3, -0.25) is 4.79 Å². The van der Waals surface area contributed by atoms with Crippen molar-refractivity contribution in [3.63, 3.8) is 0 Å². The Labute approximate surface area is 133 Å². The first-order valence-electron chi connectivity index (χ1n) is 8.10. The van der Waals surface area contributed by atoms with E-state index in [0.717, 1.165) is 43.5 Å². The molecule has 122 valence electrons. The van der Waals surface area contributed by atoms with Crippen LogP contribution >= 0.6 is 0 Å². The minimum Gasteiger partial charge on any atom is -0.496 e. The molecule has 1 aromatic carbocycles. The lowest BCUT2D eigenvalue weighted by Crippen LogP contribution is -2.47. The number of hydrogen-bond donors (Lipinski definition) is 1. The van der Waals surface area contributed by atoms with Crippen molar-refractivity contribution in [3.05, 3.63) is 29.3 Å². The second-order valence-electron chi connectivity index (χ2n) is 6.42. The zero-order valence-corrected chi connectivity index (χ0v) is 13.9. The van der Waals surface area contributed by atoms with Crippen molar-refractivity contribution < 1.29 is 14.6 Å². The number of aryl methyl sites for hydroxylation is 1. The molecule has 1 saturated heterocycles. The summed E-state index contributed by atoms with van der Waals surface area (Å²) in [6.45, 7) is 5.66. The average molecular weight is 305 g/mol. The molecule has 1 atom stereocenters. The predicted molar refractivity (Wildman–Crippen MR) is 87.3 cm³/mol. The maximum atomic E-state index is 12.8. The van der Waals surface area contributed by atoms with Crippen molar-refractivity contribution in [2.24, 2.45) is 5.41 Å². The molecule has 0 bridgehead atoms. The number of benzene rings is 1. The van der Waals surface area contributed by atoms with Crippen LogP contribution in [0.2, 0.25) is 0 Å². The lowest BCUT2D eigenvalue weighted by Gasteiger charge is -2.42. The zero-order valence-electron chi connectivity index (χ0n) is 13.9. The molecule has 0 saturated carbocycles. The van der Waals surface area contributed by atoms with Crippen LogP contribution in [0.15, 0.2) is 18.2 Å². The smallest absolute Gasteiger partial charge is 0.253 e. The molecule has 4 nitrogen and oxygen atoms in total. The van der Waals surface area contributed by atoms with Gasteiger partial charge in [-0.15, -0.1) is 0 Å². The summed E-state index contributed by atoms with van der Waals surface area (Å²) in [6.07, 6.45) is 3.96. The molecule has 1 aliphatic heterocycles. The Balaban J connectivity index is 2.16. The normalized spacial score (nSPS) is 21.7. The molecule has 1 N–H and O–H groups in total. The van der Waals surface area contributed by atoms with Gasteiger partial charge in [0.05, 0.1) is 13.7 Å². The maximum Gasteiger partial charge on any atom is 0.253 e. The van der Waals surface area contributed by atoms with Crippen LogP contribution < -0.4 is 4.74 Å². The Kier molecular flexibility index (Phi) is 5.46. The molecule has 1 aliphatic rings. The number of rotatable bonds is 5. The number of ether oxygens (including phenoxy) is 1. The van der Waals surface area contributed by atoms with E-state index in [1.807, 2.05) is 30.0 Å². The maximum absolute atomic E-state index is 12.8. The second-order valence-corrected chi connectivity index (χ2v) is 6.42. The minimum atomic E-state index is -0.121. The van der Waals surface area contributed by atoms with Crippen LogP contribution in [0.25, 0.3) is 0 Å². The summed E-state index contributed by atoms with van der Waals surface area (Å²) in [5, 5.41) is 9.80. The molecule has 0 aliphatic carbocycles. The third-order valence-electron chi connectivity index (χ3n) is 4.71. The summed E-state index contributed by atoms with van der Waals surface area (Å²) < 4.78 is 5.25. The number of piperidine rings is 1. The van der Waals surface area contributed by atoms with Crippen LogP contribution in [0, 0.1) is 12.3 Å². The van der Waals surface area contributed by atoms with Crippen LogP contribution in [-0.4, -0.2) is 42.7 Å². The number of aliphatic hydroxyl groups excluding tert-OH is 1. The number of methoxy groups -OCH3 is 1. The van der Waals surface area contributed by atoms with E-state index in [0.29, 0.717) is 12.1 Å². The van der Waals surface area contributed by atoms with E-state index in [1.54, 1.807) is 7.11 Å². The van der Waals surface area contributed by atoms with Crippen molar-refractivity contribution in [1.82, 2.24) is 4.90 Å². The summed E-state index contributed by atoms with van der Waals surface area (Å²) in [7, 11) is 1.63. The van der Waals surface area contributed by atoms with E-state index in [1.165, 1.54) is 0 Å². The van der Waals surface area contributed by atoms with E-state index in [9.17, 15) is 9.90 Å². The fraction of sp³-hybridized carbons (Fsp3) is 0.611. The van der Waals surface area contributed by atoms with Crippen molar-refractivity contribution in [1.29, 1.82) is 0 Å². The van der Waals surface area contributed by atoms with Gasteiger partial charge < -0.3 is 14.7 Å². The standard InChI is InChI=1S/C18H27NO3/c1-4-8-18(13-20)9-5-10-19(12-18)17(21)15-6-7-16(22-3)14(2)11-15/h6-7,11,20H,4-5,8-10,12-13H2,1-3H3. The molecule has 22 heavy (non-hydrogen) atoms. The first-order chi connectivity index (χ1) is 10.5. The highest BCUT2D eigenvalue weighted by molar-refractivity contribution is 5.94.